The topological polar surface area (TPSA) is 61.4 Å². The number of carbonyl (C=O) groups excluding carboxylic acids is 1. The molecule has 0 radical (unpaired) electrons. The first-order valence-corrected chi connectivity index (χ1v) is 10.4. The van der Waals surface area contributed by atoms with E-state index in [9.17, 15) is 4.79 Å². The number of hydrogen-bond donors (Lipinski definition) is 1. The molecule has 2 aliphatic heterocycles. The Labute approximate surface area is 166 Å². The van der Waals surface area contributed by atoms with E-state index in [0.29, 0.717) is 24.1 Å². The molecule has 0 spiro atoms. The van der Waals surface area contributed by atoms with E-state index >= 15 is 0 Å². The molecule has 28 heavy (non-hydrogen) atoms. The molecular formula is C22H27N5O. The highest BCUT2D eigenvalue weighted by molar-refractivity contribution is 5.96. The summed E-state index contributed by atoms with van der Waals surface area (Å²) >= 11 is 0. The van der Waals surface area contributed by atoms with Gasteiger partial charge in [0.2, 0.25) is 0 Å². The molecule has 0 unspecified atom stereocenters. The minimum atomic E-state index is -0.0619. The van der Waals surface area contributed by atoms with Gasteiger partial charge in [0, 0.05) is 44.3 Å². The van der Waals surface area contributed by atoms with Crippen LogP contribution in [0.1, 0.15) is 39.4 Å². The fraction of sp³-hybridized carbons (Fsp3) is 0.500. The van der Waals surface area contributed by atoms with E-state index in [1.807, 2.05) is 6.92 Å². The molecular weight excluding hydrogens is 350 g/mol. The predicted octanol–water partition coefficient (Wildman–Crippen LogP) is 1.75. The first-order chi connectivity index (χ1) is 13.7. The van der Waals surface area contributed by atoms with Crippen LogP contribution in [0.25, 0.3) is 0 Å². The zero-order chi connectivity index (χ0) is 19.1. The van der Waals surface area contributed by atoms with E-state index in [4.69, 9.17) is 4.98 Å². The molecule has 0 saturated carbocycles. The Balaban J connectivity index is 1.34. The highest BCUT2D eigenvalue weighted by atomic mass is 16.1. The van der Waals surface area contributed by atoms with E-state index in [1.54, 1.807) is 0 Å². The Hall–Kier alpha value is -2.47. The Morgan fingerprint density at radius 3 is 2.61 bits per heavy atom. The quantitative estimate of drug-likeness (QED) is 0.864. The lowest BCUT2D eigenvalue weighted by Crippen LogP contribution is -2.40. The van der Waals surface area contributed by atoms with Crippen molar-refractivity contribution in [1.82, 2.24) is 20.2 Å². The van der Waals surface area contributed by atoms with Crippen LogP contribution >= 0.6 is 0 Å². The van der Waals surface area contributed by atoms with Crippen LogP contribution in [-0.2, 0) is 19.3 Å². The molecule has 3 aliphatic rings. The monoisotopic (exact) mass is 377 g/mol. The maximum Gasteiger partial charge on any atom is 0.270 e. The molecule has 1 aromatic heterocycles. The largest absolute Gasteiger partial charge is 0.355 e. The molecule has 6 heteroatoms. The van der Waals surface area contributed by atoms with Crippen molar-refractivity contribution >= 4 is 11.7 Å². The van der Waals surface area contributed by atoms with Crippen LogP contribution in [0, 0.1) is 6.92 Å². The molecule has 0 atom stereocenters. The van der Waals surface area contributed by atoms with Crippen molar-refractivity contribution in [3.8, 4) is 0 Å². The van der Waals surface area contributed by atoms with Gasteiger partial charge in [-0.25, -0.2) is 9.97 Å². The van der Waals surface area contributed by atoms with Crippen LogP contribution < -0.4 is 10.2 Å². The fourth-order valence-corrected chi connectivity index (χ4v) is 4.95. The Kier molecular flexibility index (Phi) is 4.51. The summed E-state index contributed by atoms with van der Waals surface area (Å²) in [5.41, 5.74) is 4.62. The number of carbonyl (C=O) groups is 1. The van der Waals surface area contributed by atoms with Gasteiger partial charge in [-0.15, -0.1) is 0 Å². The van der Waals surface area contributed by atoms with Crippen molar-refractivity contribution in [2.24, 2.45) is 0 Å². The molecule has 1 N–H and O–H groups in total. The van der Waals surface area contributed by atoms with Crippen molar-refractivity contribution in [1.29, 1.82) is 0 Å². The van der Waals surface area contributed by atoms with Gasteiger partial charge in [-0.1, -0.05) is 24.3 Å². The standard InChI is InChI=1S/C22H27N5O/c1-15-24-20-19(7-8-23-22(20)28)21(25-15)27-10-4-9-26(11-12-27)18-13-16-5-2-3-6-17(16)14-18/h2-3,5-6,18H,4,7-14H2,1H3,(H,23,28). The van der Waals surface area contributed by atoms with Crippen molar-refractivity contribution in [3.63, 3.8) is 0 Å². The average Bonchev–Trinajstić information content (AvgIpc) is 2.98. The number of benzene rings is 1. The van der Waals surface area contributed by atoms with E-state index in [0.717, 1.165) is 50.4 Å². The van der Waals surface area contributed by atoms with Crippen LogP contribution in [0.5, 0.6) is 0 Å². The molecule has 1 aliphatic carbocycles. The third-order valence-corrected chi connectivity index (χ3v) is 6.35. The second-order valence-electron chi connectivity index (χ2n) is 8.13. The van der Waals surface area contributed by atoms with Crippen LogP contribution in [0.3, 0.4) is 0 Å². The lowest BCUT2D eigenvalue weighted by Gasteiger charge is -2.29. The van der Waals surface area contributed by atoms with E-state index in [1.165, 1.54) is 24.0 Å². The number of amides is 1. The molecule has 1 fully saturated rings. The van der Waals surface area contributed by atoms with Gasteiger partial charge < -0.3 is 10.2 Å². The number of hydrogen-bond acceptors (Lipinski definition) is 5. The number of aromatic nitrogens is 2. The predicted molar refractivity (Wildman–Crippen MR) is 109 cm³/mol. The molecule has 1 saturated heterocycles. The van der Waals surface area contributed by atoms with Gasteiger partial charge >= 0.3 is 0 Å². The molecule has 2 aromatic rings. The highest BCUT2D eigenvalue weighted by Crippen LogP contribution is 2.28. The molecule has 0 bridgehead atoms. The number of anilines is 1. The van der Waals surface area contributed by atoms with Gasteiger partial charge in [0.15, 0.2) is 0 Å². The third kappa shape index (κ3) is 3.15. The smallest absolute Gasteiger partial charge is 0.270 e. The van der Waals surface area contributed by atoms with Crippen molar-refractivity contribution in [2.75, 3.05) is 37.6 Å². The molecule has 146 valence electrons. The highest BCUT2D eigenvalue weighted by Gasteiger charge is 2.30. The number of nitrogens with zero attached hydrogens (tertiary/aromatic N) is 4. The maximum atomic E-state index is 12.2. The summed E-state index contributed by atoms with van der Waals surface area (Å²) in [6, 6.07) is 9.48. The normalized spacial score (nSPS) is 20.5. The Morgan fingerprint density at radius 2 is 1.82 bits per heavy atom. The second kappa shape index (κ2) is 7.17. The van der Waals surface area contributed by atoms with Gasteiger partial charge in [0.1, 0.15) is 17.3 Å². The first kappa shape index (κ1) is 17.6. The summed E-state index contributed by atoms with van der Waals surface area (Å²) in [6.45, 7) is 6.67. The summed E-state index contributed by atoms with van der Waals surface area (Å²) < 4.78 is 0. The van der Waals surface area contributed by atoms with Gasteiger partial charge in [-0.2, -0.15) is 0 Å². The molecule has 5 rings (SSSR count). The SMILES string of the molecule is Cc1nc2c(c(N3CCCN(C4Cc5ccccc5C4)CC3)n1)CCNC2=O. The summed E-state index contributed by atoms with van der Waals surface area (Å²) in [4.78, 5) is 26.5. The van der Waals surface area contributed by atoms with Crippen LogP contribution in [-0.4, -0.2) is 59.5 Å². The zero-order valence-electron chi connectivity index (χ0n) is 16.4. The van der Waals surface area contributed by atoms with E-state index < -0.39 is 0 Å². The zero-order valence-corrected chi connectivity index (χ0v) is 16.4. The number of aryl methyl sites for hydroxylation is 1. The van der Waals surface area contributed by atoms with E-state index in [2.05, 4.69) is 44.4 Å². The van der Waals surface area contributed by atoms with Crippen molar-refractivity contribution in [2.45, 2.75) is 38.6 Å². The molecule has 6 nitrogen and oxygen atoms in total. The summed E-state index contributed by atoms with van der Waals surface area (Å²) in [7, 11) is 0. The van der Waals surface area contributed by atoms with E-state index in [-0.39, 0.29) is 5.91 Å². The Bertz CT molecular complexity index is 887. The molecule has 1 aromatic carbocycles. The third-order valence-electron chi connectivity index (χ3n) is 6.35. The summed E-state index contributed by atoms with van der Waals surface area (Å²) in [5, 5.41) is 2.90. The van der Waals surface area contributed by atoms with Crippen LogP contribution in [0.2, 0.25) is 0 Å². The second-order valence-corrected chi connectivity index (χ2v) is 8.13. The number of rotatable bonds is 2. The minimum Gasteiger partial charge on any atom is -0.355 e. The number of fused-ring (bicyclic) bond motifs is 2. The average molecular weight is 377 g/mol. The number of nitrogens with one attached hydrogen (secondary N) is 1. The van der Waals surface area contributed by atoms with Crippen molar-refractivity contribution in [3.05, 3.63) is 52.5 Å². The van der Waals surface area contributed by atoms with Gasteiger partial charge in [-0.05, 0) is 43.7 Å². The van der Waals surface area contributed by atoms with Gasteiger partial charge in [-0.3, -0.25) is 9.69 Å². The fourth-order valence-electron chi connectivity index (χ4n) is 4.95. The van der Waals surface area contributed by atoms with Crippen LogP contribution in [0.4, 0.5) is 5.82 Å². The van der Waals surface area contributed by atoms with Crippen LogP contribution in [0.15, 0.2) is 24.3 Å². The van der Waals surface area contributed by atoms with Gasteiger partial charge in [0.05, 0.1) is 0 Å². The lowest BCUT2D eigenvalue weighted by molar-refractivity contribution is 0.0940. The molecule has 1 amide bonds. The lowest BCUT2D eigenvalue weighted by atomic mass is 10.1. The van der Waals surface area contributed by atoms with Gasteiger partial charge in [0.25, 0.3) is 5.91 Å². The minimum absolute atomic E-state index is 0.0619. The molecule has 3 heterocycles. The van der Waals surface area contributed by atoms with Crippen molar-refractivity contribution < 1.29 is 4.79 Å². The summed E-state index contributed by atoms with van der Waals surface area (Å²) in [5.74, 6) is 1.60. The maximum absolute atomic E-state index is 12.2. The first-order valence-electron chi connectivity index (χ1n) is 10.4. The Morgan fingerprint density at radius 1 is 1.04 bits per heavy atom. The summed E-state index contributed by atoms with van der Waals surface area (Å²) in [6.07, 6.45) is 4.27.